The Balaban J connectivity index is 0.00000132. The van der Waals surface area contributed by atoms with Gasteiger partial charge in [0.2, 0.25) is 0 Å². The van der Waals surface area contributed by atoms with Crippen LogP contribution in [-0.2, 0) is 6.42 Å². The number of carbonyl (C=O) groups is 1. The first-order valence-electron chi connectivity index (χ1n) is 6.59. The fraction of sp³-hybridized carbons (Fsp3) is 0.0588. The van der Waals surface area contributed by atoms with Crippen molar-refractivity contribution in [1.29, 1.82) is 0 Å². The number of nitrogens with zero attached hydrogens (tertiary/aromatic N) is 1. The molecule has 1 aliphatic carbocycles. The number of nitrogens with one attached hydrogen (secondary N) is 1. The molecule has 1 N–H and O–H groups in total. The number of carbonyl (C=O) groups excluding carboxylic acids is 1. The molecule has 0 spiro atoms. The second-order valence-electron chi connectivity index (χ2n) is 4.97. The molecule has 4 rings (SSSR count). The summed E-state index contributed by atoms with van der Waals surface area (Å²) < 4.78 is 0. The summed E-state index contributed by atoms with van der Waals surface area (Å²) in [5, 5.41) is 6.93. The lowest BCUT2D eigenvalue weighted by Crippen LogP contribution is -2.16. The Hall–Kier alpha value is -2.39. The van der Waals surface area contributed by atoms with Crippen LogP contribution in [0.5, 0.6) is 0 Å². The monoisotopic (exact) mass is 296 g/mol. The van der Waals surface area contributed by atoms with Gasteiger partial charge < -0.3 is 0 Å². The van der Waals surface area contributed by atoms with Gasteiger partial charge >= 0.3 is 0 Å². The standard InChI is InChI=1S/C17H12N2O.ClH/c20-17-13-6-2-1-4-11(13)10-12-5-3-7-14(16(12)17)15-8-9-18-19-15;/h1-9H,10H2,(H,18,19);1H. The van der Waals surface area contributed by atoms with E-state index >= 15 is 0 Å². The van der Waals surface area contributed by atoms with E-state index in [1.807, 2.05) is 48.5 Å². The minimum atomic E-state index is 0. The highest BCUT2D eigenvalue weighted by Gasteiger charge is 2.25. The van der Waals surface area contributed by atoms with Crippen LogP contribution < -0.4 is 0 Å². The first kappa shape index (κ1) is 13.6. The number of ketones is 1. The van der Waals surface area contributed by atoms with Gasteiger partial charge in [0, 0.05) is 22.9 Å². The Morgan fingerprint density at radius 1 is 0.905 bits per heavy atom. The molecule has 0 bridgehead atoms. The molecule has 1 heterocycles. The molecule has 0 aliphatic heterocycles. The fourth-order valence-electron chi connectivity index (χ4n) is 2.88. The molecule has 0 saturated carbocycles. The van der Waals surface area contributed by atoms with Gasteiger partial charge in [0.05, 0.1) is 5.69 Å². The Morgan fingerprint density at radius 3 is 2.48 bits per heavy atom. The fourth-order valence-corrected chi connectivity index (χ4v) is 2.88. The lowest BCUT2D eigenvalue weighted by atomic mass is 9.82. The molecule has 2 aromatic carbocycles. The summed E-state index contributed by atoms with van der Waals surface area (Å²) in [6, 6.07) is 15.7. The summed E-state index contributed by atoms with van der Waals surface area (Å²) in [6.45, 7) is 0. The molecule has 0 unspecified atom stereocenters. The summed E-state index contributed by atoms with van der Waals surface area (Å²) in [5.74, 6) is 0.104. The van der Waals surface area contributed by atoms with Gasteiger partial charge in [-0.1, -0.05) is 42.5 Å². The van der Waals surface area contributed by atoms with Gasteiger partial charge in [-0.15, -0.1) is 12.4 Å². The first-order chi connectivity index (χ1) is 9.84. The summed E-state index contributed by atoms with van der Waals surface area (Å²) in [5.41, 5.74) is 5.61. The van der Waals surface area contributed by atoms with Gasteiger partial charge in [0.1, 0.15) is 0 Å². The number of H-pyrrole nitrogens is 1. The Morgan fingerprint density at radius 2 is 1.67 bits per heavy atom. The van der Waals surface area contributed by atoms with E-state index in [2.05, 4.69) is 10.2 Å². The van der Waals surface area contributed by atoms with E-state index in [-0.39, 0.29) is 18.2 Å². The minimum absolute atomic E-state index is 0. The van der Waals surface area contributed by atoms with Crippen LogP contribution in [0.1, 0.15) is 27.0 Å². The van der Waals surface area contributed by atoms with Crippen molar-refractivity contribution in [2.24, 2.45) is 0 Å². The molecular formula is C17H13ClN2O. The highest BCUT2D eigenvalue weighted by atomic mass is 35.5. The van der Waals surface area contributed by atoms with Gasteiger partial charge in [0.15, 0.2) is 5.78 Å². The summed E-state index contributed by atoms with van der Waals surface area (Å²) in [4.78, 5) is 12.8. The number of rotatable bonds is 1. The van der Waals surface area contributed by atoms with E-state index in [0.29, 0.717) is 0 Å². The number of fused-ring (bicyclic) bond motifs is 2. The maximum Gasteiger partial charge on any atom is 0.194 e. The molecule has 104 valence electrons. The first-order valence-corrected chi connectivity index (χ1v) is 6.59. The van der Waals surface area contributed by atoms with Crippen LogP contribution in [0.2, 0.25) is 0 Å². The number of halogens is 1. The van der Waals surface area contributed by atoms with Crippen LogP contribution in [0.4, 0.5) is 0 Å². The summed E-state index contributed by atoms with van der Waals surface area (Å²) in [7, 11) is 0. The lowest BCUT2D eigenvalue weighted by Gasteiger charge is -2.20. The van der Waals surface area contributed by atoms with Crippen molar-refractivity contribution in [2.75, 3.05) is 0 Å². The molecule has 0 fully saturated rings. The number of hydrogen-bond donors (Lipinski definition) is 1. The number of aromatic amines is 1. The molecule has 3 aromatic rings. The van der Waals surface area contributed by atoms with Crippen LogP contribution in [0.3, 0.4) is 0 Å². The predicted octanol–water partition coefficient (Wildman–Crippen LogP) is 3.63. The van der Waals surface area contributed by atoms with Crippen LogP contribution in [0.25, 0.3) is 11.3 Å². The normalized spacial score (nSPS) is 12.3. The molecular weight excluding hydrogens is 284 g/mol. The van der Waals surface area contributed by atoms with Crippen molar-refractivity contribution in [1.82, 2.24) is 10.2 Å². The summed E-state index contributed by atoms with van der Waals surface area (Å²) in [6.07, 6.45) is 2.51. The minimum Gasteiger partial charge on any atom is -0.289 e. The summed E-state index contributed by atoms with van der Waals surface area (Å²) >= 11 is 0. The Bertz CT molecular complexity index is 809. The largest absolute Gasteiger partial charge is 0.289 e. The highest BCUT2D eigenvalue weighted by molar-refractivity contribution is 6.15. The van der Waals surface area contributed by atoms with Crippen LogP contribution >= 0.6 is 12.4 Å². The second-order valence-corrected chi connectivity index (χ2v) is 4.97. The zero-order valence-corrected chi connectivity index (χ0v) is 12.0. The van der Waals surface area contributed by atoms with Crippen molar-refractivity contribution in [2.45, 2.75) is 6.42 Å². The van der Waals surface area contributed by atoms with E-state index in [4.69, 9.17) is 0 Å². The van der Waals surface area contributed by atoms with Crippen molar-refractivity contribution in [3.8, 4) is 11.3 Å². The molecule has 3 nitrogen and oxygen atoms in total. The number of benzene rings is 2. The Labute approximate surface area is 128 Å². The van der Waals surface area contributed by atoms with E-state index < -0.39 is 0 Å². The van der Waals surface area contributed by atoms with Crippen molar-refractivity contribution >= 4 is 18.2 Å². The van der Waals surface area contributed by atoms with E-state index in [1.54, 1.807) is 6.20 Å². The highest BCUT2D eigenvalue weighted by Crippen LogP contribution is 2.33. The second kappa shape index (κ2) is 5.19. The van der Waals surface area contributed by atoms with Gasteiger partial charge in [-0.25, -0.2) is 0 Å². The zero-order valence-electron chi connectivity index (χ0n) is 11.2. The van der Waals surface area contributed by atoms with Crippen molar-refractivity contribution in [3.63, 3.8) is 0 Å². The quantitative estimate of drug-likeness (QED) is 0.583. The average molecular weight is 297 g/mol. The third-order valence-electron chi connectivity index (χ3n) is 3.81. The van der Waals surface area contributed by atoms with E-state index in [1.165, 1.54) is 0 Å². The predicted molar refractivity (Wildman–Crippen MR) is 84.0 cm³/mol. The molecule has 1 aromatic heterocycles. The average Bonchev–Trinajstić information content (AvgIpc) is 3.01. The van der Waals surface area contributed by atoms with Gasteiger partial charge in [-0.05, 0) is 23.6 Å². The molecule has 21 heavy (non-hydrogen) atoms. The SMILES string of the molecule is Cl.O=C1c2ccccc2Cc2cccc(-c3ccn[nH]3)c21. The molecule has 4 heteroatoms. The zero-order chi connectivity index (χ0) is 13.5. The number of aromatic nitrogens is 2. The van der Waals surface area contributed by atoms with Gasteiger partial charge in [-0.3, -0.25) is 9.89 Å². The maximum absolute atomic E-state index is 12.8. The van der Waals surface area contributed by atoms with Crippen molar-refractivity contribution < 1.29 is 4.79 Å². The molecule has 0 amide bonds. The molecule has 0 saturated heterocycles. The van der Waals surface area contributed by atoms with Crippen molar-refractivity contribution in [3.05, 3.63) is 77.0 Å². The molecule has 0 radical (unpaired) electrons. The third-order valence-corrected chi connectivity index (χ3v) is 3.81. The van der Waals surface area contributed by atoms with E-state index in [9.17, 15) is 4.79 Å². The van der Waals surface area contributed by atoms with Crippen LogP contribution in [0.15, 0.2) is 54.7 Å². The smallest absolute Gasteiger partial charge is 0.194 e. The van der Waals surface area contributed by atoms with Gasteiger partial charge in [0.25, 0.3) is 0 Å². The van der Waals surface area contributed by atoms with Crippen LogP contribution in [0, 0.1) is 0 Å². The molecule has 0 atom stereocenters. The lowest BCUT2D eigenvalue weighted by molar-refractivity contribution is 0.103. The Kier molecular flexibility index (Phi) is 3.35. The molecule has 1 aliphatic rings. The maximum atomic E-state index is 12.8. The number of hydrogen-bond acceptors (Lipinski definition) is 2. The topological polar surface area (TPSA) is 45.8 Å². The van der Waals surface area contributed by atoms with E-state index in [0.717, 1.165) is 39.9 Å². The van der Waals surface area contributed by atoms with Gasteiger partial charge in [-0.2, -0.15) is 5.10 Å². The van der Waals surface area contributed by atoms with Crippen LogP contribution in [-0.4, -0.2) is 16.0 Å². The third kappa shape index (κ3) is 2.06.